The smallest absolute Gasteiger partial charge is 0.264 e. The Balaban J connectivity index is 1.08. The Bertz CT molecular complexity index is 3560. The fourth-order valence-corrected chi connectivity index (χ4v) is 13.8. The summed E-state index contributed by atoms with van der Waals surface area (Å²) in [5.41, 5.74) is 27.0. The second kappa shape index (κ2) is 13.1. The van der Waals surface area contributed by atoms with Crippen LogP contribution >= 0.6 is 11.3 Å². The summed E-state index contributed by atoms with van der Waals surface area (Å²) in [7, 11) is 0. The molecule has 0 saturated heterocycles. The van der Waals surface area contributed by atoms with Crippen LogP contribution in [0.1, 0.15) is 38.9 Å². The first-order valence-electron chi connectivity index (χ1n) is 22.5. The summed E-state index contributed by atoms with van der Waals surface area (Å²) < 4.78 is 2.71. The Kier molecular flexibility index (Phi) is 7.38. The number of aryl methyl sites for hydroxylation is 3. The van der Waals surface area contributed by atoms with E-state index in [1.165, 1.54) is 127 Å². The minimum atomic E-state index is -0.399. The molecule has 0 amide bonds. The van der Waals surface area contributed by atoms with E-state index < -0.39 is 5.41 Å². The highest BCUT2D eigenvalue weighted by Crippen LogP contribution is 2.64. The van der Waals surface area contributed by atoms with Gasteiger partial charge in [-0.25, -0.2) is 0 Å². The van der Waals surface area contributed by atoms with E-state index in [0.29, 0.717) is 0 Å². The molecule has 3 heterocycles. The first kappa shape index (κ1) is 36.1. The number of hydrogen-bond donors (Lipinski definition) is 0. The second-order valence-corrected chi connectivity index (χ2v) is 19.2. The lowest BCUT2D eigenvalue weighted by Crippen LogP contribution is -2.60. The van der Waals surface area contributed by atoms with Crippen LogP contribution in [0, 0.1) is 20.8 Å². The lowest BCUT2D eigenvalue weighted by molar-refractivity contribution is 0.795. The number of hydrogen-bond acceptors (Lipinski definition) is 3. The molecule has 9 aromatic carbocycles. The molecule has 1 aromatic heterocycles. The standard InChI is InChI=1S/C60H41BN2S/c1-36-31-37(2)56(38(3)32-36)39-29-30-51-54(33-39)62(40-17-6-4-7-18-40)52-27-16-28-53-57(52)61(51)59-58(63(53)41-19-8-5-9-20-41)46-34-45-44-23-12-15-26-49(44)60(50(45)35-55(46)64-59)47-24-13-10-21-42(47)43-22-11-14-25-48(43)60/h4-35H,1-3H3. The number of nitrogens with zero attached hydrogens (tertiary/aromatic N) is 2. The minimum Gasteiger partial charge on any atom is -0.311 e. The molecule has 0 atom stereocenters. The molecule has 4 aliphatic rings. The van der Waals surface area contributed by atoms with Gasteiger partial charge in [0, 0.05) is 43.3 Å². The van der Waals surface area contributed by atoms with Crippen molar-refractivity contribution >= 4 is 78.0 Å². The van der Waals surface area contributed by atoms with Crippen molar-refractivity contribution in [3.8, 4) is 33.4 Å². The van der Waals surface area contributed by atoms with Crippen LogP contribution in [0.2, 0.25) is 0 Å². The molecular formula is C60H41BN2S. The maximum absolute atomic E-state index is 2.59. The maximum Gasteiger partial charge on any atom is 0.264 e. The highest BCUT2D eigenvalue weighted by molar-refractivity contribution is 7.33. The molecule has 64 heavy (non-hydrogen) atoms. The summed E-state index contributed by atoms with van der Waals surface area (Å²) in [5.74, 6) is 0. The van der Waals surface area contributed by atoms with Crippen LogP contribution in [0.3, 0.4) is 0 Å². The summed E-state index contributed by atoms with van der Waals surface area (Å²) >= 11 is 1.99. The second-order valence-electron chi connectivity index (χ2n) is 18.1. The topological polar surface area (TPSA) is 6.48 Å². The lowest BCUT2D eigenvalue weighted by Gasteiger charge is -2.43. The summed E-state index contributed by atoms with van der Waals surface area (Å²) in [6.45, 7) is 6.76. The van der Waals surface area contributed by atoms with Crippen molar-refractivity contribution in [2.45, 2.75) is 26.2 Å². The minimum absolute atomic E-state index is 0.0341. The van der Waals surface area contributed by atoms with E-state index in [9.17, 15) is 0 Å². The van der Waals surface area contributed by atoms with Gasteiger partial charge in [0.05, 0.1) is 11.1 Å². The molecule has 1 spiro atoms. The van der Waals surface area contributed by atoms with Gasteiger partial charge in [-0.15, -0.1) is 11.3 Å². The molecule has 0 unspecified atom stereocenters. The predicted molar refractivity (Wildman–Crippen MR) is 272 cm³/mol. The summed E-state index contributed by atoms with van der Waals surface area (Å²) in [6, 6.07) is 73.6. The van der Waals surface area contributed by atoms with Crippen LogP contribution in [0.15, 0.2) is 194 Å². The Morgan fingerprint density at radius 2 is 1.00 bits per heavy atom. The van der Waals surface area contributed by atoms with E-state index >= 15 is 0 Å². The Labute approximate surface area is 378 Å². The zero-order valence-corrected chi connectivity index (χ0v) is 36.7. The van der Waals surface area contributed by atoms with Gasteiger partial charge in [-0.1, -0.05) is 145 Å². The Morgan fingerprint density at radius 3 is 1.62 bits per heavy atom. The van der Waals surface area contributed by atoms with Crippen LogP contribution in [0.5, 0.6) is 0 Å². The molecule has 14 rings (SSSR count). The highest BCUT2D eigenvalue weighted by Gasteiger charge is 2.52. The average Bonchev–Trinajstić information content (AvgIpc) is 3.95. The zero-order valence-electron chi connectivity index (χ0n) is 35.9. The molecule has 10 aromatic rings. The van der Waals surface area contributed by atoms with Gasteiger partial charge in [0.1, 0.15) is 0 Å². The van der Waals surface area contributed by atoms with Crippen molar-refractivity contribution in [1.82, 2.24) is 0 Å². The predicted octanol–water partition coefficient (Wildman–Crippen LogP) is 13.9. The first-order chi connectivity index (χ1) is 31.5. The quantitative estimate of drug-likeness (QED) is 0.164. The summed E-state index contributed by atoms with van der Waals surface area (Å²) in [5, 5.41) is 1.31. The van der Waals surface area contributed by atoms with E-state index in [2.05, 4.69) is 225 Å². The van der Waals surface area contributed by atoms with Gasteiger partial charge in [-0.05, 0) is 153 Å². The number of anilines is 6. The molecule has 2 aliphatic heterocycles. The zero-order chi connectivity index (χ0) is 42.4. The average molecular weight is 833 g/mol. The number of para-hydroxylation sites is 2. The normalized spacial score (nSPS) is 14.2. The summed E-state index contributed by atoms with van der Waals surface area (Å²) in [4.78, 5) is 5.10. The van der Waals surface area contributed by atoms with Crippen molar-refractivity contribution in [3.63, 3.8) is 0 Å². The van der Waals surface area contributed by atoms with Crippen LogP contribution < -0.4 is 25.5 Å². The van der Waals surface area contributed by atoms with Crippen molar-refractivity contribution in [1.29, 1.82) is 0 Å². The fraction of sp³-hybridized carbons (Fsp3) is 0.0667. The molecule has 4 heteroatoms. The van der Waals surface area contributed by atoms with Gasteiger partial charge in [-0.3, -0.25) is 0 Å². The molecule has 2 aliphatic carbocycles. The third-order valence-electron chi connectivity index (χ3n) is 14.7. The highest BCUT2D eigenvalue weighted by atomic mass is 32.1. The van der Waals surface area contributed by atoms with Gasteiger partial charge in [0.25, 0.3) is 6.71 Å². The SMILES string of the molecule is Cc1cc(C)c(-c2ccc3c(c2)N(c2ccccc2)c2cccc4c2B3c2sc3cc5c(cc3c2N4c2ccccc2)-c2ccccc2C52c3ccccc3-c3ccccc32)c(C)c1. The summed E-state index contributed by atoms with van der Waals surface area (Å²) in [6.07, 6.45) is 0. The van der Waals surface area contributed by atoms with E-state index in [1.807, 2.05) is 11.3 Å². The van der Waals surface area contributed by atoms with Crippen LogP contribution in [0.25, 0.3) is 43.5 Å². The number of fused-ring (bicyclic) bond motifs is 16. The van der Waals surface area contributed by atoms with E-state index in [0.717, 1.165) is 5.69 Å². The van der Waals surface area contributed by atoms with Crippen LogP contribution in [-0.4, -0.2) is 6.71 Å². The van der Waals surface area contributed by atoms with Gasteiger partial charge >= 0.3 is 0 Å². The van der Waals surface area contributed by atoms with Gasteiger partial charge in [0.15, 0.2) is 0 Å². The monoisotopic (exact) mass is 832 g/mol. The molecular weight excluding hydrogens is 792 g/mol. The van der Waals surface area contributed by atoms with Crippen LogP contribution in [0.4, 0.5) is 34.1 Å². The lowest BCUT2D eigenvalue weighted by atomic mass is 9.36. The van der Waals surface area contributed by atoms with E-state index in [1.54, 1.807) is 0 Å². The van der Waals surface area contributed by atoms with Gasteiger partial charge in [-0.2, -0.15) is 0 Å². The first-order valence-corrected chi connectivity index (χ1v) is 23.3. The third-order valence-corrected chi connectivity index (χ3v) is 15.9. The number of benzene rings is 9. The van der Waals surface area contributed by atoms with Gasteiger partial charge in [0.2, 0.25) is 0 Å². The molecule has 0 bridgehead atoms. The van der Waals surface area contributed by atoms with Crippen LogP contribution in [-0.2, 0) is 5.41 Å². The molecule has 0 fully saturated rings. The maximum atomic E-state index is 2.59. The Morgan fingerprint density at radius 1 is 0.453 bits per heavy atom. The molecule has 0 saturated carbocycles. The third kappa shape index (κ3) is 4.60. The van der Waals surface area contributed by atoms with Crippen molar-refractivity contribution in [2.24, 2.45) is 0 Å². The molecule has 0 radical (unpaired) electrons. The number of thiophene rings is 1. The number of rotatable bonds is 3. The van der Waals surface area contributed by atoms with Gasteiger partial charge < -0.3 is 9.80 Å². The van der Waals surface area contributed by atoms with Crippen molar-refractivity contribution in [2.75, 3.05) is 9.80 Å². The van der Waals surface area contributed by atoms with Crippen molar-refractivity contribution in [3.05, 3.63) is 233 Å². The van der Waals surface area contributed by atoms with Crippen molar-refractivity contribution < 1.29 is 0 Å². The molecule has 300 valence electrons. The Hall–Kier alpha value is -7.40. The molecule has 0 N–H and O–H groups in total. The largest absolute Gasteiger partial charge is 0.311 e. The molecule has 2 nitrogen and oxygen atoms in total. The fourth-order valence-electron chi connectivity index (χ4n) is 12.5. The van der Waals surface area contributed by atoms with E-state index in [4.69, 9.17) is 0 Å². The van der Waals surface area contributed by atoms with E-state index in [-0.39, 0.29) is 6.71 Å².